The van der Waals surface area contributed by atoms with Gasteiger partial charge in [-0.1, -0.05) is 0 Å². The van der Waals surface area contributed by atoms with E-state index in [0.29, 0.717) is 5.69 Å². The number of aromatic nitrogens is 1. The Kier molecular flexibility index (Phi) is 1.49. The Balaban J connectivity index is 3.30. The van der Waals surface area contributed by atoms with E-state index in [9.17, 15) is 0 Å². The molecule has 0 unspecified atom stereocenters. The summed E-state index contributed by atoms with van der Waals surface area (Å²) in [5.74, 6) is 0.127. The number of nitrogen functional groups attached to an aromatic ring is 2. The van der Waals surface area contributed by atoms with Crippen molar-refractivity contribution in [3.63, 3.8) is 0 Å². The van der Waals surface area contributed by atoms with Gasteiger partial charge in [-0.3, -0.25) is 0 Å². The van der Waals surface area contributed by atoms with Crippen molar-refractivity contribution in [2.45, 2.75) is 0 Å². The second-order valence-electron chi connectivity index (χ2n) is 1.73. The summed E-state index contributed by atoms with van der Waals surface area (Å²) in [5, 5.41) is 2.86. The van der Waals surface area contributed by atoms with Crippen LogP contribution in [0.2, 0.25) is 0 Å². The molecule has 5 heteroatoms. The third-order valence-corrected chi connectivity index (χ3v) is 1.08. The minimum absolute atomic E-state index is 0.127. The Morgan fingerprint density at radius 3 is 2.60 bits per heavy atom. The first-order chi connectivity index (χ1) is 4.75. The van der Waals surface area contributed by atoms with Crippen LogP contribution in [0.1, 0.15) is 0 Å². The van der Waals surface area contributed by atoms with Gasteiger partial charge in [0.25, 0.3) is 0 Å². The third-order valence-electron chi connectivity index (χ3n) is 1.08. The highest BCUT2D eigenvalue weighted by Gasteiger charge is 2.01. The van der Waals surface area contributed by atoms with E-state index in [1.807, 2.05) is 0 Å². The van der Waals surface area contributed by atoms with Crippen molar-refractivity contribution in [1.29, 1.82) is 0 Å². The van der Waals surface area contributed by atoms with Crippen LogP contribution in [0.25, 0.3) is 0 Å². The smallest absolute Gasteiger partial charge is 0.153 e. The normalized spacial score (nSPS) is 9.20. The predicted molar refractivity (Wildman–Crippen MR) is 37.3 cm³/mol. The highest BCUT2D eigenvalue weighted by Crippen LogP contribution is 2.25. The number of nitrogens with zero attached hydrogens (tertiary/aromatic N) is 3. The fourth-order valence-corrected chi connectivity index (χ4v) is 0.595. The van der Waals surface area contributed by atoms with Crippen LogP contribution in [-0.4, -0.2) is 4.98 Å². The van der Waals surface area contributed by atoms with Crippen molar-refractivity contribution in [2.24, 2.45) is 5.11 Å². The molecule has 1 heterocycles. The molecule has 1 aromatic rings. The topological polar surface area (TPSA) is 99.6 Å². The summed E-state index contributed by atoms with van der Waals surface area (Å²) in [7, 11) is 0. The molecule has 0 aliphatic carbocycles. The Morgan fingerprint density at radius 1 is 1.50 bits per heavy atom. The van der Waals surface area contributed by atoms with Gasteiger partial charge >= 0.3 is 0 Å². The first-order valence-corrected chi connectivity index (χ1v) is 2.60. The fourth-order valence-electron chi connectivity index (χ4n) is 0.595. The molecule has 0 bridgehead atoms. The standard InChI is InChI=1S/C5H6N5/c6-3-1-2-9-5(7)4(3)10-8/h1-2H,(H4,6,7,9). The predicted octanol–water partition coefficient (Wildman–Crippen LogP) is 0.130. The number of hydrogen-bond donors (Lipinski definition) is 2. The zero-order valence-electron chi connectivity index (χ0n) is 5.15. The third kappa shape index (κ3) is 0.883. The maximum Gasteiger partial charge on any atom is 0.153 e. The quantitative estimate of drug-likeness (QED) is 0.536. The number of anilines is 2. The van der Waals surface area contributed by atoms with Gasteiger partial charge in [0.15, 0.2) is 11.5 Å². The Bertz CT molecular complexity index is 236. The van der Waals surface area contributed by atoms with Crippen LogP contribution < -0.4 is 17.0 Å². The Morgan fingerprint density at radius 2 is 2.20 bits per heavy atom. The lowest BCUT2D eigenvalue weighted by Gasteiger charge is -1.97. The molecular weight excluding hydrogens is 130 g/mol. The average Bonchev–Trinajstić information content (AvgIpc) is 1.88. The van der Waals surface area contributed by atoms with Crippen LogP contribution in [0, 0.1) is 0 Å². The van der Waals surface area contributed by atoms with Gasteiger partial charge in [-0.25, -0.2) is 4.98 Å². The second-order valence-corrected chi connectivity index (χ2v) is 1.73. The van der Waals surface area contributed by atoms with Crippen LogP contribution in [0.4, 0.5) is 17.2 Å². The molecule has 0 aromatic carbocycles. The van der Waals surface area contributed by atoms with Gasteiger partial charge < -0.3 is 11.5 Å². The molecule has 0 amide bonds. The van der Waals surface area contributed by atoms with Crippen molar-refractivity contribution in [3.8, 4) is 0 Å². The van der Waals surface area contributed by atoms with Crippen molar-refractivity contribution in [3.05, 3.63) is 12.3 Å². The van der Waals surface area contributed by atoms with Crippen LogP contribution in [0.15, 0.2) is 17.4 Å². The Labute approximate surface area is 57.6 Å². The molecule has 5 nitrogen and oxygen atoms in total. The summed E-state index contributed by atoms with van der Waals surface area (Å²) < 4.78 is 0. The zero-order valence-corrected chi connectivity index (χ0v) is 5.15. The van der Waals surface area contributed by atoms with Gasteiger partial charge in [0.05, 0.1) is 5.69 Å². The molecule has 1 aromatic heterocycles. The summed E-state index contributed by atoms with van der Waals surface area (Å²) >= 11 is 0. The van der Waals surface area contributed by atoms with Gasteiger partial charge in [0, 0.05) is 6.20 Å². The van der Waals surface area contributed by atoms with Gasteiger partial charge in [-0.2, -0.15) is 0 Å². The molecule has 0 fully saturated rings. The van der Waals surface area contributed by atoms with E-state index in [1.54, 1.807) is 0 Å². The van der Waals surface area contributed by atoms with E-state index in [2.05, 4.69) is 10.1 Å². The molecule has 0 saturated heterocycles. The minimum Gasteiger partial charge on any atom is -0.397 e. The molecule has 0 aliphatic heterocycles. The van der Waals surface area contributed by atoms with Gasteiger partial charge in [-0.15, -0.1) is 5.11 Å². The van der Waals surface area contributed by atoms with E-state index >= 15 is 0 Å². The number of hydrogen-bond acceptors (Lipinski definition) is 4. The Hall–Kier alpha value is -1.65. The number of nitrogens with two attached hydrogens (primary N) is 2. The monoisotopic (exact) mass is 136 g/mol. The lowest BCUT2D eigenvalue weighted by Crippen LogP contribution is -1.93. The highest BCUT2D eigenvalue weighted by molar-refractivity contribution is 5.72. The van der Waals surface area contributed by atoms with E-state index in [0.717, 1.165) is 0 Å². The first-order valence-electron chi connectivity index (χ1n) is 2.60. The maximum atomic E-state index is 8.32. The largest absolute Gasteiger partial charge is 0.397 e. The number of pyridine rings is 1. The minimum atomic E-state index is 0.127. The molecule has 51 valence electrons. The average molecular weight is 136 g/mol. The summed E-state index contributed by atoms with van der Waals surface area (Å²) in [6, 6.07) is 1.51. The first kappa shape index (κ1) is 6.47. The molecule has 0 spiro atoms. The van der Waals surface area contributed by atoms with Crippen molar-refractivity contribution in [1.82, 2.24) is 10.5 Å². The van der Waals surface area contributed by atoms with Crippen LogP contribution in [0.3, 0.4) is 0 Å². The molecule has 1 radical (unpaired) electrons. The van der Waals surface area contributed by atoms with E-state index < -0.39 is 0 Å². The summed E-state index contributed by atoms with van der Waals surface area (Å²) in [4.78, 5) is 3.65. The van der Waals surface area contributed by atoms with Crippen LogP contribution in [-0.2, 0) is 0 Å². The van der Waals surface area contributed by atoms with E-state index in [1.165, 1.54) is 12.3 Å². The molecular formula is C5H6N5. The van der Waals surface area contributed by atoms with Crippen molar-refractivity contribution in [2.75, 3.05) is 11.5 Å². The zero-order chi connectivity index (χ0) is 7.56. The SMILES string of the molecule is [N]=Nc1c(N)ccnc1N. The molecule has 1 rings (SSSR count). The van der Waals surface area contributed by atoms with Gasteiger partial charge in [-0.05, 0) is 11.6 Å². The van der Waals surface area contributed by atoms with Gasteiger partial charge in [0.1, 0.15) is 0 Å². The molecule has 10 heavy (non-hydrogen) atoms. The molecule has 0 saturated carbocycles. The van der Waals surface area contributed by atoms with Crippen LogP contribution in [0.5, 0.6) is 0 Å². The lowest BCUT2D eigenvalue weighted by atomic mass is 10.3. The molecule has 0 aliphatic rings. The maximum absolute atomic E-state index is 8.32. The summed E-state index contributed by atoms with van der Waals surface area (Å²) in [6.07, 6.45) is 1.44. The van der Waals surface area contributed by atoms with E-state index in [-0.39, 0.29) is 11.5 Å². The molecule has 4 N–H and O–H groups in total. The lowest BCUT2D eigenvalue weighted by molar-refractivity contribution is 1.25. The van der Waals surface area contributed by atoms with Crippen LogP contribution >= 0.6 is 0 Å². The second kappa shape index (κ2) is 2.30. The highest BCUT2D eigenvalue weighted by atomic mass is 15.0. The molecule has 0 atom stereocenters. The summed E-state index contributed by atoms with van der Waals surface area (Å²) in [6.45, 7) is 0. The van der Waals surface area contributed by atoms with Crippen molar-refractivity contribution < 1.29 is 0 Å². The van der Waals surface area contributed by atoms with Gasteiger partial charge in [0.2, 0.25) is 0 Å². The number of rotatable bonds is 1. The fraction of sp³-hybridized carbons (Fsp3) is 0. The summed E-state index contributed by atoms with van der Waals surface area (Å²) in [5.41, 5.74) is 19.4. The van der Waals surface area contributed by atoms with E-state index in [4.69, 9.17) is 17.0 Å². The van der Waals surface area contributed by atoms with Crippen molar-refractivity contribution >= 4 is 17.2 Å².